The Bertz CT molecular complexity index is 842. The van der Waals surface area contributed by atoms with Crippen LogP contribution in [0.2, 0.25) is 0 Å². The molecule has 1 fully saturated rings. The second kappa shape index (κ2) is 7.27. The Morgan fingerprint density at radius 3 is 2.67 bits per heavy atom. The normalized spacial score (nSPS) is 22.4. The van der Waals surface area contributed by atoms with Gasteiger partial charge in [-0.1, -0.05) is 18.2 Å². The molecule has 2 aliphatic rings. The topological polar surface area (TPSA) is 139 Å². The van der Waals surface area contributed by atoms with Crippen LogP contribution in [-0.4, -0.2) is 49.9 Å². The molecule has 2 unspecified atom stereocenters. The van der Waals surface area contributed by atoms with Crippen molar-refractivity contribution in [2.45, 2.75) is 24.6 Å². The fourth-order valence-electron chi connectivity index (χ4n) is 2.82. The molecule has 0 radical (unpaired) electrons. The van der Waals surface area contributed by atoms with E-state index in [0.29, 0.717) is 0 Å². The number of carbonyl (C=O) groups is 3. The number of nitro groups is 1. The van der Waals surface area contributed by atoms with E-state index in [0.717, 1.165) is 16.7 Å². The first-order valence-electron chi connectivity index (χ1n) is 7.84. The van der Waals surface area contributed by atoms with Crippen LogP contribution in [-0.2, 0) is 19.1 Å². The summed E-state index contributed by atoms with van der Waals surface area (Å²) in [5, 5.41) is 23.3. The number of ether oxygens (including phenoxy) is 1. The summed E-state index contributed by atoms with van der Waals surface area (Å²) in [6.45, 7) is 1.26. The molecule has 0 saturated carbocycles. The molecule has 11 heteroatoms. The van der Waals surface area contributed by atoms with Crippen molar-refractivity contribution in [3.8, 4) is 0 Å². The number of fused-ring (bicyclic) bond motifs is 1. The van der Waals surface area contributed by atoms with Crippen LogP contribution in [0.5, 0.6) is 0 Å². The van der Waals surface area contributed by atoms with Crippen molar-refractivity contribution in [3.63, 3.8) is 0 Å². The number of carbonyl (C=O) groups excluding carboxylic acids is 3. The number of esters is 1. The van der Waals surface area contributed by atoms with Gasteiger partial charge in [0.25, 0.3) is 5.91 Å². The van der Waals surface area contributed by atoms with E-state index in [1.165, 1.54) is 19.1 Å². The van der Waals surface area contributed by atoms with E-state index in [4.69, 9.17) is 4.74 Å². The van der Waals surface area contributed by atoms with Crippen molar-refractivity contribution in [1.82, 2.24) is 10.2 Å². The van der Waals surface area contributed by atoms with Gasteiger partial charge in [-0.3, -0.25) is 24.6 Å². The van der Waals surface area contributed by atoms with Gasteiger partial charge in [0.2, 0.25) is 5.91 Å². The van der Waals surface area contributed by atoms with Crippen molar-refractivity contribution >= 4 is 29.5 Å². The van der Waals surface area contributed by atoms with Gasteiger partial charge in [-0.2, -0.15) is 0 Å². The van der Waals surface area contributed by atoms with Gasteiger partial charge in [-0.25, -0.2) is 4.79 Å². The number of benzene rings is 1. The fraction of sp³-hybridized carbons (Fsp3) is 0.312. The van der Waals surface area contributed by atoms with E-state index in [1.54, 1.807) is 18.2 Å². The molecule has 2 amide bonds. The molecule has 2 N–H and O–H groups in total. The summed E-state index contributed by atoms with van der Waals surface area (Å²) in [7, 11) is 0. The zero-order valence-electron chi connectivity index (χ0n) is 14.0. The van der Waals surface area contributed by atoms with E-state index in [2.05, 4.69) is 5.32 Å². The number of aliphatic hydroxyl groups excluding tert-OH is 1. The Morgan fingerprint density at radius 2 is 2.07 bits per heavy atom. The number of nitrogens with one attached hydrogen (secondary N) is 1. The molecule has 0 bridgehead atoms. The van der Waals surface area contributed by atoms with Gasteiger partial charge in [0.15, 0.2) is 5.70 Å². The zero-order chi connectivity index (χ0) is 19.7. The Kier molecular flexibility index (Phi) is 5.04. The smallest absolute Gasteiger partial charge is 0.383 e. The third-order valence-corrected chi connectivity index (χ3v) is 5.26. The fourth-order valence-corrected chi connectivity index (χ4v) is 4.02. The minimum atomic E-state index is -1.78. The molecular weight excluding hydrogens is 378 g/mol. The van der Waals surface area contributed by atoms with Crippen LogP contribution in [0.3, 0.4) is 0 Å². The minimum Gasteiger partial charge on any atom is -0.509 e. The molecule has 3 rings (SSSR count). The Balaban J connectivity index is 1.82. The number of hydrogen-bond donors (Lipinski definition) is 2. The summed E-state index contributed by atoms with van der Waals surface area (Å²) >= 11 is 1.16. The molecule has 1 saturated heterocycles. The molecule has 1 aromatic carbocycles. The van der Waals surface area contributed by atoms with Gasteiger partial charge < -0.3 is 15.2 Å². The van der Waals surface area contributed by atoms with Gasteiger partial charge in [0.05, 0.1) is 16.2 Å². The van der Waals surface area contributed by atoms with Crippen LogP contribution in [0.25, 0.3) is 0 Å². The monoisotopic (exact) mass is 393 g/mol. The highest BCUT2D eigenvalue weighted by molar-refractivity contribution is 8.00. The van der Waals surface area contributed by atoms with Crippen molar-refractivity contribution in [1.29, 1.82) is 0 Å². The third-order valence-electron chi connectivity index (χ3n) is 4.00. The molecule has 0 spiro atoms. The maximum Gasteiger partial charge on any atom is 0.383 e. The molecule has 0 aliphatic carbocycles. The van der Waals surface area contributed by atoms with Gasteiger partial charge in [0.1, 0.15) is 17.2 Å². The quantitative estimate of drug-likeness (QED) is 0.245. The molecule has 0 aromatic heterocycles. The van der Waals surface area contributed by atoms with E-state index in [1.807, 2.05) is 0 Å². The van der Waals surface area contributed by atoms with Crippen LogP contribution in [0.15, 0.2) is 41.8 Å². The highest BCUT2D eigenvalue weighted by Gasteiger charge is 2.55. The third kappa shape index (κ3) is 3.45. The van der Waals surface area contributed by atoms with Gasteiger partial charge in [-0.05, 0) is 12.1 Å². The average Bonchev–Trinajstić information content (AvgIpc) is 2.64. The lowest BCUT2D eigenvalue weighted by Gasteiger charge is -2.48. The molecule has 3 atom stereocenters. The summed E-state index contributed by atoms with van der Waals surface area (Å²) in [5.74, 6) is -2.60. The number of amides is 2. The number of nitrogens with zero attached hydrogens (tertiary/aromatic N) is 2. The predicted molar refractivity (Wildman–Crippen MR) is 92.6 cm³/mol. The highest BCUT2D eigenvalue weighted by atomic mass is 32.2. The Labute approximate surface area is 157 Å². The van der Waals surface area contributed by atoms with E-state index in [9.17, 15) is 29.6 Å². The lowest BCUT2D eigenvalue weighted by Crippen LogP contribution is -2.70. The first kappa shape index (κ1) is 18.7. The van der Waals surface area contributed by atoms with Gasteiger partial charge in [-0.15, -0.1) is 11.8 Å². The average molecular weight is 393 g/mol. The number of thioether (sulfide) groups is 1. The molecule has 2 aliphatic heterocycles. The summed E-state index contributed by atoms with van der Waals surface area (Å²) < 4.78 is 4.98. The second-order valence-electron chi connectivity index (χ2n) is 5.84. The SMILES string of the molecule is CC(=O)NC1C(=O)N2C(C(=O)OC(c3ccccc3)[N+](=O)[O-])=C(O)CS[C@@H]12. The Hall–Kier alpha value is -3.08. The summed E-state index contributed by atoms with van der Waals surface area (Å²) in [6, 6.07) is 6.79. The number of aliphatic hydroxyl groups is 1. The van der Waals surface area contributed by atoms with E-state index >= 15 is 0 Å². The number of β-lactam (4-membered cyclic amide) rings is 1. The number of rotatable bonds is 5. The lowest BCUT2D eigenvalue weighted by molar-refractivity contribution is -0.575. The van der Waals surface area contributed by atoms with Gasteiger partial charge >= 0.3 is 12.2 Å². The van der Waals surface area contributed by atoms with Crippen LogP contribution < -0.4 is 5.32 Å². The van der Waals surface area contributed by atoms with Crippen LogP contribution >= 0.6 is 11.8 Å². The lowest BCUT2D eigenvalue weighted by atomic mass is 10.0. The maximum atomic E-state index is 12.5. The van der Waals surface area contributed by atoms with Crippen molar-refractivity contribution < 1.29 is 29.2 Å². The highest BCUT2D eigenvalue weighted by Crippen LogP contribution is 2.40. The second-order valence-corrected chi connectivity index (χ2v) is 6.94. The summed E-state index contributed by atoms with van der Waals surface area (Å²) in [6.07, 6.45) is -1.78. The van der Waals surface area contributed by atoms with Crippen LogP contribution in [0.4, 0.5) is 0 Å². The largest absolute Gasteiger partial charge is 0.509 e. The van der Waals surface area contributed by atoms with E-state index < -0.39 is 51.8 Å². The summed E-state index contributed by atoms with van der Waals surface area (Å²) in [5.41, 5.74) is -0.295. The molecule has 1 aromatic rings. The Morgan fingerprint density at radius 1 is 1.41 bits per heavy atom. The molecular formula is C16H15N3O7S. The van der Waals surface area contributed by atoms with Crippen LogP contribution in [0.1, 0.15) is 18.7 Å². The first-order chi connectivity index (χ1) is 12.8. The first-order valence-corrected chi connectivity index (χ1v) is 8.89. The van der Waals surface area contributed by atoms with Crippen molar-refractivity contribution in [3.05, 3.63) is 57.5 Å². The maximum absolute atomic E-state index is 12.5. The van der Waals surface area contributed by atoms with Crippen molar-refractivity contribution in [2.24, 2.45) is 0 Å². The standard InChI is InChI=1S/C16H15N3O7S/c1-8(20)17-11-13(22)18-12(10(21)7-27-15(11)18)16(23)26-14(19(24)25)9-5-3-2-4-6-9/h2-6,11,14-15,21H,7H2,1H3,(H,17,20)/t11?,14?,15-/m0/s1. The predicted octanol–water partition coefficient (Wildman–Crippen LogP) is 0.694. The zero-order valence-corrected chi connectivity index (χ0v) is 14.8. The number of hydrogen-bond acceptors (Lipinski definition) is 8. The molecule has 142 valence electrons. The minimum absolute atomic E-state index is 0.00341. The van der Waals surface area contributed by atoms with Gasteiger partial charge in [0, 0.05) is 6.92 Å². The summed E-state index contributed by atoms with van der Waals surface area (Å²) in [4.78, 5) is 47.6. The van der Waals surface area contributed by atoms with Crippen molar-refractivity contribution in [2.75, 3.05) is 5.75 Å². The molecule has 27 heavy (non-hydrogen) atoms. The molecule has 2 heterocycles. The van der Waals surface area contributed by atoms with Crippen LogP contribution in [0, 0.1) is 10.1 Å². The molecule has 10 nitrogen and oxygen atoms in total. The van der Waals surface area contributed by atoms with E-state index in [-0.39, 0.29) is 11.3 Å².